The van der Waals surface area contributed by atoms with Crippen molar-refractivity contribution in [1.29, 1.82) is 0 Å². The van der Waals surface area contributed by atoms with Crippen LogP contribution in [0.2, 0.25) is 0 Å². The molecule has 4 heteroatoms. The van der Waals surface area contributed by atoms with Crippen LogP contribution in [-0.2, 0) is 0 Å². The summed E-state index contributed by atoms with van der Waals surface area (Å²) in [6.07, 6.45) is 1.81. The third-order valence-corrected chi connectivity index (χ3v) is 3.92. The number of urea groups is 1. The number of aryl methyl sites for hydroxylation is 1. The van der Waals surface area contributed by atoms with Crippen LogP contribution < -0.4 is 10.6 Å². The molecule has 0 saturated carbocycles. The molecular formula is C19H21N3O. The Kier molecular flexibility index (Phi) is 4.06. The first-order valence-electron chi connectivity index (χ1n) is 7.78. The molecule has 3 aromatic rings. The predicted octanol–water partition coefficient (Wildman–Crippen LogP) is 5.24. The third-order valence-electron chi connectivity index (χ3n) is 3.92. The van der Waals surface area contributed by atoms with Crippen molar-refractivity contribution in [2.75, 3.05) is 10.6 Å². The van der Waals surface area contributed by atoms with Gasteiger partial charge in [0, 0.05) is 22.8 Å². The summed E-state index contributed by atoms with van der Waals surface area (Å²) >= 11 is 0. The zero-order chi connectivity index (χ0) is 16.4. The summed E-state index contributed by atoms with van der Waals surface area (Å²) in [5, 5.41) is 6.77. The lowest BCUT2D eigenvalue weighted by atomic mass is 10.0. The summed E-state index contributed by atoms with van der Waals surface area (Å²) in [4.78, 5) is 15.4. The number of aromatic amines is 1. The minimum atomic E-state index is -0.246. The average Bonchev–Trinajstić information content (AvgIpc) is 2.90. The summed E-state index contributed by atoms with van der Waals surface area (Å²) in [5.41, 5.74) is 4.98. The summed E-state index contributed by atoms with van der Waals surface area (Å²) in [6, 6.07) is 13.8. The third kappa shape index (κ3) is 3.37. The van der Waals surface area contributed by atoms with Gasteiger partial charge in [-0.15, -0.1) is 0 Å². The van der Waals surface area contributed by atoms with Crippen molar-refractivity contribution >= 4 is 28.3 Å². The molecule has 0 aliphatic carbocycles. The fraction of sp³-hybridized carbons (Fsp3) is 0.211. The molecule has 118 valence electrons. The fourth-order valence-electron chi connectivity index (χ4n) is 2.57. The molecule has 1 aromatic heterocycles. The highest BCUT2D eigenvalue weighted by Crippen LogP contribution is 2.24. The molecule has 0 atom stereocenters. The van der Waals surface area contributed by atoms with Crippen molar-refractivity contribution < 1.29 is 4.79 Å². The van der Waals surface area contributed by atoms with E-state index in [4.69, 9.17) is 0 Å². The fourth-order valence-corrected chi connectivity index (χ4v) is 2.57. The maximum atomic E-state index is 12.2. The van der Waals surface area contributed by atoms with Gasteiger partial charge in [0.15, 0.2) is 0 Å². The van der Waals surface area contributed by atoms with Crippen LogP contribution in [0.1, 0.15) is 30.9 Å². The summed E-state index contributed by atoms with van der Waals surface area (Å²) in [7, 11) is 0. The van der Waals surface area contributed by atoms with E-state index < -0.39 is 0 Å². The lowest BCUT2D eigenvalue weighted by Gasteiger charge is -2.09. The number of rotatable bonds is 3. The number of aromatic nitrogens is 1. The number of fused-ring (bicyclic) bond motifs is 1. The van der Waals surface area contributed by atoms with E-state index in [-0.39, 0.29) is 6.03 Å². The van der Waals surface area contributed by atoms with Gasteiger partial charge in [0.2, 0.25) is 0 Å². The average molecular weight is 307 g/mol. The molecule has 3 N–H and O–H groups in total. The van der Waals surface area contributed by atoms with Crippen molar-refractivity contribution in [3.8, 4) is 0 Å². The molecule has 0 bridgehead atoms. The maximum absolute atomic E-state index is 12.2. The molecule has 0 aliphatic rings. The molecule has 23 heavy (non-hydrogen) atoms. The van der Waals surface area contributed by atoms with Gasteiger partial charge in [-0.05, 0) is 42.7 Å². The Morgan fingerprint density at radius 1 is 1.04 bits per heavy atom. The largest absolute Gasteiger partial charge is 0.359 e. The molecule has 0 saturated heterocycles. The van der Waals surface area contributed by atoms with E-state index >= 15 is 0 Å². The van der Waals surface area contributed by atoms with Crippen LogP contribution in [0.3, 0.4) is 0 Å². The van der Waals surface area contributed by atoms with Gasteiger partial charge in [-0.1, -0.05) is 37.6 Å². The second-order valence-electron chi connectivity index (χ2n) is 6.11. The van der Waals surface area contributed by atoms with Crippen molar-refractivity contribution in [3.05, 3.63) is 59.8 Å². The maximum Gasteiger partial charge on any atom is 0.323 e. The Bertz CT molecular complexity index is 831. The van der Waals surface area contributed by atoms with Crippen LogP contribution in [-0.4, -0.2) is 11.0 Å². The van der Waals surface area contributed by atoms with E-state index in [2.05, 4.69) is 35.5 Å². The summed E-state index contributed by atoms with van der Waals surface area (Å²) in [5.74, 6) is 0.479. The molecule has 3 rings (SSSR count). The van der Waals surface area contributed by atoms with Gasteiger partial charge in [0.25, 0.3) is 0 Å². The number of hydrogen-bond donors (Lipinski definition) is 3. The molecule has 1 heterocycles. The van der Waals surface area contributed by atoms with Gasteiger partial charge in [-0.3, -0.25) is 0 Å². The summed E-state index contributed by atoms with van der Waals surface area (Å²) in [6.45, 7) is 6.33. The van der Waals surface area contributed by atoms with E-state index in [0.717, 1.165) is 27.8 Å². The Hall–Kier alpha value is -2.75. The topological polar surface area (TPSA) is 56.9 Å². The molecule has 0 radical (unpaired) electrons. The number of carbonyl (C=O) groups is 1. The van der Waals surface area contributed by atoms with E-state index in [1.807, 2.05) is 49.5 Å². The van der Waals surface area contributed by atoms with Crippen molar-refractivity contribution in [2.45, 2.75) is 26.7 Å². The number of amides is 2. The van der Waals surface area contributed by atoms with Crippen LogP contribution in [0.5, 0.6) is 0 Å². The molecule has 0 spiro atoms. The van der Waals surface area contributed by atoms with Crippen LogP contribution in [0.25, 0.3) is 10.9 Å². The normalized spacial score (nSPS) is 11.0. The first kappa shape index (κ1) is 15.2. The number of nitrogens with one attached hydrogen (secondary N) is 3. The zero-order valence-corrected chi connectivity index (χ0v) is 13.6. The van der Waals surface area contributed by atoms with Crippen molar-refractivity contribution in [2.24, 2.45) is 0 Å². The Balaban J connectivity index is 1.72. The highest BCUT2D eigenvalue weighted by atomic mass is 16.2. The minimum absolute atomic E-state index is 0.246. The standard InChI is InChI=1S/C19H21N3O/c1-12(2)14-5-7-15(8-6-14)21-19(23)22-18-11-20-17-9-4-13(3)10-16(17)18/h4-12,20H,1-3H3,(H2,21,22,23). The Morgan fingerprint density at radius 2 is 1.78 bits per heavy atom. The molecule has 0 aliphatic heterocycles. The molecule has 0 fully saturated rings. The summed E-state index contributed by atoms with van der Waals surface area (Å²) < 4.78 is 0. The predicted molar refractivity (Wildman–Crippen MR) is 96.2 cm³/mol. The van der Waals surface area contributed by atoms with Gasteiger partial charge < -0.3 is 15.6 Å². The van der Waals surface area contributed by atoms with Crippen LogP contribution in [0, 0.1) is 6.92 Å². The lowest BCUT2D eigenvalue weighted by Crippen LogP contribution is -2.19. The molecule has 4 nitrogen and oxygen atoms in total. The quantitative estimate of drug-likeness (QED) is 0.608. The zero-order valence-electron chi connectivity index (χ0n) is 13.6. The SMILES string of the molecule is Cc1ccc2[nH]cc(NC(=O)Nc3ccc(C(C)C)cc3)c2c1. The minimum Gasteiger partial charge on any atom is -0.359 e. The van der Waals surface area contributed by atoms with Crippen molar-refractivity contribution in [3.63, 3.8) is 0 Å². The van der Waals surface area contributed by atoms with Gasteiger partial charge in [-0.25, -0.2) is 4.79 Å². The van der Waals surface area contributed by atoms with Gasteiger partial charge in [0.1, 0.15) is 0 Å². The second kappa shape index (κ2) is 6.16. The number of hydrogen-bond acceptors (Lipinski definition) is 1. The molecule has 2 amide bonds. The van der Waals surface area contributed by atoms with Gasteiger partial charge >= 0.3 is 6.03 Å². The second-order valence-corrected chi connectivity index (χ2v) is 6.11. The van der Waals surface area contributed by atoms with E-state index in [1.165, 1.54) is 5.56 Å². The van der Waals surface area contributed by atoms with Crippen LogP contribution in [0.4, 0.5) is 16.2 Å². The van der Waals surface area contributed by atoms with Crippen LogP contribution in [0.15, 0.2) is 48.7 Å². The van der Waals surface area contributed by atoms with E-state index in [1.54, 1.807) is 0 Å². The first-order valence-corrected chi connectivity index (χ1v) is 7.78. The Morgan fingerprint density at radius 3 is 2.48 bits per heavy atom. The lowest BCUT2D eigenvalue weighted by molar-refractivity contribution is 0.262. The molecule has 2 aromatic carbocycles. The first-order chi connectivity index (χ1) is 11.0. The highest BCUT2D eigenvalue weighted by molar-refractivity contribution is 6.06. The smallest absolute Gasteiger partial charge is 0.323 e. The van der Waals surface area contributed by atoms with E-state index in [0.29, 0.717) is 5.92 Å². The van der Waals surface area contributed by atoms with Gasteiger partial charge in [-0.2, -0.15) is 0 Å². The monoisotopic (exact) mass is 307 g/mol. The number of benzene rings is 2. The number of anilines is 2. The number of carbonyl (C=O) groups excluding carboxylic acids is 1. The molecule has 0 unspecified atom stereocenters. The number of H-pyrrole nitrogens is 1. The van der Waals surface area contributed by atoms with Crippen LogP contribution >= 0.6 is 0 Å². The Labute approximate surface area is 135 Å². The highest BCUT2D eigenvalue weighted by Gasteiger charge is 2.08. The van der Waals surface area contributed by atoms with Gasteiger partial charge in [0.05, 0.1) is 5.69 Å². The molecular weight excluding hydrogens is 286 g/mol. The van der Waals surface area contributed by atoms with Crippen molar-refractivity contribution in [1.82, 2.24) is 4.98 Å². The van der Waals surface area contributed by atoms with E-state index in [9.17, 15) is 4.79 Å².